The maximum atomic E-state index is 12.1. The summed E-state index contributed by atoms with van der Waals surface area (Å²) in [6.45, 7) is 5.79. The van der Waals surface area contributed by atoms with E-state index in [4.69, 9.17) is 5.73 Å². The number of nitrogens with zero attached hydrogens (tertiary/aromatic N) is 3. The molecule has 1 aromatic heterocycles. The standard InChI is InChI=1S/C12H22N4OS/c1-5-7-15(3)11(17)9-10(13)14-12(18-9)16(4)8-6-2/h5-8,13H2,1-4H3. The van der Waals surface area contributed by atoms with Gasteiger partial charge in [-0.2, -0.15) is 0 Å². The van der Waals surface area contributed by atoms with E-state index >= 15 is 0 Å². The van der Waals surface area contributed by atoms with Gasteiger partial charge in [-0.1, -0.05) is 25.2 Å². The van der Waals surface area contributed by atoms with Crippen LogP contribution >= 0.6 is 11.3 Å². The van der Waals surface area contributed by atoms with Crippen LogP contribution in [0, 0.1) is 0 Å². The number of carbonyl (C=O) groups excluding carboxylic acids is 1. The van der Waals surface area contributed by atoms with E-state index in [0.717, 1.165) is 31.1 Å². The molecule has 0 fully saturated rings. The van der Waals surface area contributed by atoms with Gasteiger partial charge >= 0.3 is 0 Å². The molecular formula is C12H22N4OS. The Labute approximate surface area is 113 Å². The van der Waals surface area contributed by atoms with Crippen molar-refractivity contribution >= 4 is 28.2 Å². The van der Waals surface area contributed by atoms with Gasteiger partial charge in [-0.05, 0) is 12.8 Å². The Morgan fingerprint density at radius 2 is 1.89 bits per heavy atom. The minimum absolute atomic E-state index is 0.0389. The van der Waals surface area contributed by atoms with E-state index < -0.39 is 0 Å². The second-order valence-corrected chi connectivity index (χ2v) is 5.34. The minimum atomic E-state index is -0.0389. The molecule has 0 aliphatic rings. The predicted octanol–water partition coefficient (Wildman–Crippen LogP) is 2.05. The molecule has 6 heteroatoms. The molecular weight excluding hydrogens is 248 g/mol. The van der Waals surface area contributed by atoms with Gasteiger partial charge in [-0.25, -0.2) is 4.98 Å². The topological polar surface area (TPSA) is 62.5 Å². The Morgan fingerprint density at radius 1 is 1.28 bits per heavy atom. The molecule has 0 bridgehead atoms. The summed E-state index contributed by atoms with van der Waals surface area (Å²) >= 11 is 1.37. The highest BCUT2D eigenvalue weighted by Crippen LogP contribution is 2.28. The summed E-state index contributed by atoms with van der Waals surface area (Å²) in [5.41, 5.74) is 5.84. The van der Waals surface area contributed by atoms with Crippen molar-refractivity contribution in [2.24, 2.45) is 0 Å². The zero-order chi connectivity index (χ0) is 13.7. The Morgan fingerprint density at radius 3 is 2.44 bits per heavy atom. The molecule has 0 atom stereocenters. The first kappa shape index (κ1) is 14.8. The number of aromatic nitrogens is 1. The number of nitrogen functional groups attached to an aromatic ring is 1. The highest BCUT2D eigenvalue weighted by atomic mass is 32.1. The molecule has 1 rings (SSSR count). The Kier molecular flexibility index (Phi) is 5.40. The van der Waals surface area contributed by atoms with Crippen molar-refractivity contribution in [1.29, 1.82) is 0 Å². The van der Waals surface area contributed by atoms with Crippen molar-refractivity contribution in [3.8, 4) is 0 Å². The number of nitrogens with two attached hydrogens (primary N) is 1. The van der Waals surface area contributed by atoms with E-state index in [-0.39, 0.29) is 5.91 Å². The number of hydrogen-bond acceptors (Lipinski definition) is 5. The van der Waals surface area contributed by atoms with Crippen LogP contribution in [0.5, 0.6) is 0 Å². The van der Waals surface area contributed by atoms with Crippen LogP contribution in [0.15, 0.2) is 0 Å². The fourth-order valence-electron chi connectivity index (χ4n) is 1.68. The van der Waals surface area contributed by atoms with Crippen LogP contribution in [0.1, 0.15) is 36.4 Å². The Hall–Kier alpha value is -1.30. The summed E-state index contributed by atoms with van der Waals surface area (Å²) in [6, 6.07) is 0. The first-order valence-electron chi connectivity index (χ1n) is 6.24. The lowest BCUT2D eigenvalue weighted by Gasteiger charge is -2.15. The predicted molar refractivity (Wildman–Crippen MR) is 77.3 cm³/mol. The van der Waals surface area contributed by atoms with Gasteiger partial charge < -0.3 is 15.5 Å². The average molecular weight is 270 g/mol. The molecule has 0 aliphatic heterocycles. The van der Waals surface area contributed by atoms with Gasteiger partial charge in [0.15, 0.2) is 5.13 Å². The maximum Gasteiger partial charge on any atom is 0.267 e. The van der Waals surface area contributed by atoms with Crippen LogP contribution in [-0.2, 0) is 0 Å². The Bertz CT molecular complexity index is 405. The van der Waals surface area contributed by atoms with Crippen molar-refractivity contribution in [3.05, 3.63) is 4.88 Å². The monoisotopic (exact) mass is 270 g/mol. The third-order valence-electron chi connectivity index (χ3n) is 2.63. The number of amides is 1. The molecule has 0 radical (unpaired) electrons. The lowest BCUT2D eigenvalue weighted by molar-refractivity contribution is 0.0800. The van der Waals surface area contributed by atoms with Crippen LogP contribution < -0.4 is 10.6 Å². The fraction of sp³-hybridized carbons (Fsp3) is 0.667. The molecule has 18 heavy (non-hydrogen) atoms. The Balaban J connectivity index is 2.87. The minimum Gasteiger partial charge on any atom is -0.382 e. The van der Waals surface area contributed by atoms with Crippen molar-refractivity contribution in [1.82, 2.24) is 9.88 Å². The van der Waals surface area contributed by atoms with Crippen LogP contribution in [0.3, 0.4) is 0 Å². The normalized spacial score (nSPS) is 10.4. The quantitative estimate of drug-likeness (QED) is 0.859. The third-order valence-corrected chi connectivity index (χ3v) is 3.80. The van der Waals surface area contributed by atoms with E-state index in [0.29, 0.717) is 10.7 Å². The highest BCUT2D eigenvalue weighted by Gasteiger charge is 2.20. The molecule has 1 heterocycles. The van der Waals surface area contributed by atoms with Crippen molar-refractivity contribution in [2.75, 3.05) is 37.8 Å². The van der Waals surface area contributed by atoms with Crippen molar-refractivity contribution in [3.63, 3.8) is 0 Å². The van der Waals surface area contributed by atoms with Gasteiger partial charge in [0.1, 0.15) is 10.7 Å². The van der Waals surface area contributed by atoms with Crippen LogP contribution in [0.2, 0.25) is 0 Å². The van der Waals surface area contributed by atoms with Gasteiger partial charge in [-0.15, -0.1) is 0 Å². The second-order valence-electron chi connectivity index (χ2n) is 4.36. The van der Waals surface area contributed by atoms with Gasteiger partial charge in [0.2, 0.25) is 0 Å². The fourth-order valence-corrected chi connectivity index (χ4v) is 2.65. The van der Waals surface area contributed by atoms with Gasteiger partial charge in [0.05, 0.1) is 0 Å². The summed E-state index contributed by atoms with van der Waals surface area (Å²) in [5.74, 6) is 0.300. The van der Waals surface area contributed by atoms with Crippen LogP contribution in [0.25, 0.3) is 0 Å². The SMILES string of the molecule is CCCN(C)C(=O)c1sc(N(C)CCC)nc1N. The first-order valence-corrected chi connectivity index (χ1v) is 7.05. The second kappa shape index (κ2) is 6.58. The van der Waals surface area contributed by atoms with Crippen molar-refractivity contribution in [2.45, 2.75) is 26.7 Å². The van der Waals surface area contributed by atoms with E-state index in [1.165, 1.54) is 11.3 Å². The molecule has 1 amide bonds. The molecule has 1 aromatic rings. The largest absolute Gasteiger partial charge is 0.382 e. The highest BCUT2D eigenvalue weighted by molar-refractivity contribution is 7.18. The summed E-state index contributed by atoms with van der Waals surface area (Å²) in [4.78, 5) is 20.7. The van der Waals surface area contributed by atoms with Crippen LogP contribution in [0.4, 0.5) is 10.9 Å². The van der Waals surface area contributed by atoms with Gasteiger partial charge in [-0.3, -0.25) is 4.79 Å². The zero-order valence-corrected chi connectivity index (χ0v) is 12.4. The van der Waals surface area contributed by atoms with E-state index in [9.17, 15) is 4.79 Å². The van der Waals surface area contributed by atoms with E-state index in [1.54, 1.807) is 11.9 Å². The molecule has 102 valence electrons. The number of rotatable bonds is 6. The molecule has 2 N–H and O–H groups in total. The van der Waals surface area contributed by atoms with Gasteiger partial charge in [0, 0.05) is 27.2 Å². The summed E-state index contributed by atoms with van der Waals surface area (Å²) in [6.07, 6.45) is 1.97. The average Bonchev–Trinajstić information content (AvgIpc) is 2.71. The first-order chi connectivity index (χ1) is 8.51. The van der Waals surface area contributed by atoms with Crippen LogP contribution in [-0.4, -0.2) is 43.0 Å². The molecule has 0 saturated carbocycles. The van der Waals surface area contributed by atoms with E-state index in [1.807, 2.05) is 18.9 Å². The number of hydrogen-bond donors (Lipinski definition) is 1. The molecule has 0 saturated heterocycles. The lowest BCUT2D eigenvalue weighted by Crippen LogP contribution is -2.27. The number of thiazole rings is 1. The molecule has 5 nitrogen and oxygen atoms in total. The summed E-state index contributed by atoms with van der Waals surface area (Å²) < 4.78 is 0. The van der Waals surface area contributed by atoms with Gasteiger partial charge in [0.25, 0.3) is 5.91 Å². The summed E-state index contributed by atoms with van der Waals surface area (Å²) in [5, 5.41) is 0.808. The molecule has 0 spiro atoms. The molecule has 0 unspecified atom stereocenters. The molecule has 0 aliphatic carbocycles. The summed E-state index contributed by atoms with van der Waals surface area (Å²) in [7, 11) is 3.76. The molecule has 0 aromatic carbocycles. The van der Waals surface area contributed by atoms with E-state index in [2.05, 4.69) is 11.9 Å². The zero-order valence-electron chi connectivity index (χ0n) is 11.6. The van der Waals surface area contributed by atoms with Crippen molar-refractivity contribution < 1.29 is 4.79 Å². The smallest absolute Gasteiger partial charge is 0.267 e. The number of anilines is 2. The third kappa shape index (κ3) is 3.35. The number of carbonyl (C=O) groups is 1. The maximum absolute atomic E-state index is 12.1. The lowest BCUT2D eigenvalue weighted by atomic mass is 10.4.